The molecule has 0 aromatic heterocycles. The molecule has 6 nitrogen and oxygen atoms in total. The van der Waals surface area contributed by atoms with Gasteiger partial charge in [-0.3, -0.25) is 0 Å². The Bertz CT molecular complexity index is 515. The van der Waals surface area contributed by atoms with Crippen molar-refractivity contribution in [3.63, 3.8) is 0 Å². The molecule has 1 aromatic carbocycles. The molecule has 0 fully saturated rings. The average molecular weight is 315 g/mol. The molecule has 0 aliphatic carbocycles. The van der Waals surface area contributed by atoms with Crippen LogP contribution in [0.4, 0.5) is 0 Å². The molecule has 1 unspecified atom stereocenters. The zero-order chi connectivity index (χ0) is 15.9. The van der Waals surface area contributed by atoms with E-state index in [-0.39, 0.29) is 10.9 Å². The maximum Gasteiger partial charge on any atom is 0.240 e. The molecule has 7 heteroatoms. The van der Waals surface area contributed by atoms with Crippen LogP contribution >= 0.6 is 0 Å². The quantitative estimate of drug-likeness (QED) is 0.653. The maximum absolute atomic E-state index is 12.2. The van der Waals surface area contributed by atoms with Gasteiger partial charge in [0, 0.05) is 12.6 Å². The van der Waals surface area contributed by atoms with E-state index in [1.54, 1.807) is 24.3 Å². The highest BCUT2D eigenvalue weighted by Crippen LogP contribution is 2.16. The van der Waals surface area contributed by atoms with Crippen LogP contribution in [0, 0.1) is 0 Å². The second-order valence-corrected chi connectivity index (χ2v) is 6.96. The van der Waals surface area contributed by atoms with Crippen molar-refractivity contribution in [1.82, 2.24) is 9.62 Å². The first-order valence-corrected chi connectivity index (χ1v) is 8.43. The summed E-state index contributed by atoms with van der Waals surface area (Å²) >= 11 is 0. The number of rotatable bonds is 9. The van der Waals surface area contributed by atoms with E-state index in [1.165, 1.54) is 0 Å². The van der Waals surface area contributed by atoms with Crippen molar-refractivity contribution in [2.75, 3.05) is 33.8 Å². The largest absolute Gasteiger partial charge is 0.494 e. The van der Waals surface area contributed by atoms with Crippen LogP contribution in [0.25, 0.3) is 0 Å². The highest BCUT2D eigenvalue weighted by Gasteiger charge is 2.17. The van der Waals surface area contributed by atoms with Gasteiger partial charge in [0.15, 0.2) is 0 Å². The number of benzene rings is 1. The normalized spacial score (nSPS) is 13.4. The average Bonchev–Trinajstić information content (AvgIpc) is 2.38. The summed E-state index contributed by atoms with van der Waals surface area (Å²) in [4.78, 5) is 2.17. The molecule has 3 N–H and O–H groups in total. The number of nitrogens with zero attached hydrogens (tertiary/aromatic N) is 1. The van der Waals surface area contributed by atoms with Gasteiger partial charge in [0.25, 0.3) is 0 Å². The molecule has 0 spiro atoms. The van der Waals surface area contributed by atoms with Gasteiger partial charge in [0.2, 0.25) is 10.0 Å². The van der Waals surface area contributed by atoms with Crippen LogP contribution in [0.1, 0.15) is 13.3 Å². The number of ether oxygens (including phenoxy) is 1. The lowest BCUT2D eigenvalue weighted by atomic mass is 10.3. The summed E-state index contributed by atoms with van der Waals surface area (Å²) in [5, 5.41) is 0. The van der Waals surface area contributed by atoms with Crippen molar-refractivity contribution in [2.45, 2.75) is 24.3 Å². The van der Waals surface area contributed by atoms with E-state index in [4.69, 9.17) is 10.5 Å². The number of hydrogen-bond acceptors (Lipinski definition) is 5. The Morgan fingerprint density at radius 2 is 1.90 bits per heavy atom. The minimum absolute atomic E-state index is 0.162. The fourth-order valence-electron chi connectivity index (χ4n) is 1.91. The third-order valence-corrected chi connectivity index (χ3v) is 4.35. The van der Waals surface area contributed by atoms with Crippen LogP contribution in [-0.2, 0) is 10.0 Å². The summed E-state index contributed by atoms with van der Waals surface area (Å²) < 4.78 is 32.5. The van der Waals surface area contributed by atoms with Gasteiger partial charge in [-0.15, -0.1) is 0 Å². The van der Waals surface area contributed by atoms with Gasteiger partial charge >= 0.3 is 0 Å². The Hall–Kier alpha value is -1.15. The van der Waals surface area contributed by atoms with Crippen LogP contribution in [0.15, 0.2) is 29.2 Å². The summed E-state index contributed by atoms with van der Waals surface area (Å²) in [7, 11) is 0.303. The van der Waals surface area contributed by atoms with Crippen LogP contribution in [0.5, 0.6) is 5.75 Å². The molecular formula is C14H25N3O3S. The first kappa shape index (κ1) is 17.9. The van der Waals surface area contributed by atoms with Crippen molar-refractivity contribution in [2.24, 2.45) is 5.73 Å². The van der Waals surface area contributed by atoms with Crippen LogP contribution in [0.3, 0.4) is 0 Å². The summed E-state index contributed by atoms with van der Waals surface area (Å²) in [6.07, 6.45) is 0.768. The predicted octanol–water partition coefficient (Wildman–Crippen LogP) is 0.643. The zero-order valence-corrected chi connectivity index (χ0v) is 13.7. The molecule has 0 heterocycles. The minimum atomic E-state index is -3.50. The van der Waals surface area contributed by atoms with Gasteiger partial charge < -0.3 is 15.4 Å². The Labute approximate surface area is 127 Å². The van der Waals surface area contributed by atoms with Crippen molar-refractivity contribution in [3.8, 4) is 5.75 Å². The van der Waals surface area contributed by atoms with Gasteiger partial charge in [0.05, 0.1) is 11.5 Å². The van der Waals surface area contributed by atoms with E-state index in [1.807, 2.05) is 25.9 Å². The summed E-state index contributed by atoms with van der Waals surface area (Å²) in [5.41, 5.74) is 5.38. The summed E-state index contributed by atoms with van der Waals surface area (Å²) in [5.74, 6) is 0.642. The van der Waals surface area contributed by atoms with Crippen LogP contribution in [0.2, 0.25) is 0 Å². The lowest BCUT2D eigenvalue weighted by Gasteiger charge is -2.18. The number of sulfonamides is 1. The van der Waals surface area contributed by atoms with Gasteiger partial charge in [-0.1, -0.05) is 0 Å². The highest BCUT2D eigenvalue weighted by atomic mass is 32.2. The summed E-state index contributed by atoms with van der Waals surface area (Å²) in [6.45, 7) is 3.57. The Kier molecular flexibility index (Phi) is 7.10. The molecule has 0 saturated carbocycles. The zero-order valence-electron chi connectivity index (χ0n) is 12.9. The highest BCUT2D eigenvalue weighted by molar-refractivity contribution is 7.89. The molecule has 21 heavy (non-hydrogen) atoms. The first-order chi connectivity index (χ1) is 9.85. The molecule has 0 bridgehead atoms. The third kappa shape index (κ3) is 6.43. The Balaban J connectivity index is 2.66. The van der Waals surface area contributed by atoms with Gasteiger partial charge in [0.1, 0.15) is 5.75 Å². The maximum atomic E-state index is 12.2. The number of likely N-dealkylation sites (N-methyl/N-ethyl adjacent to an activating group) is 1. The lowest BCUT2D eigenvalue weighted by molar-refractivity contribution is 0.313. The Morgan fingerprint density at radius 3 is 2.43 bits per heavy atom. The molecule has 0 aliphatic rings. The van der Waals surface area contributed by atoms with Crippen LogP contribution in [-0.4, -0.2) is 53.2 Å². The van der Waals surface area contributed by atoms with Crippen LogP contribution < -0.4 is 15.2 Å². The standard InChI is InChI=1S/C14H25N3O3S/c1-12(11-17(2)3)16-21(18,19)14-7-5-13(6-8-14)20-10-4-9-15/h5-8,12,16H,4,9-11,15H2,1-3H3. The minimum Gasteiger partial charge on any atom is -0.494 e. The fourth-order valence-corrected chi connectivity index (χ4v) is 3.14. The monoisotopic (exact) mass is 315 g/mol. The van der Waals surface area contributed by atoms with E-state index in [2.05, 4.69) is 4.72 Å². The van der Waals surface area contributed by atoms with Crippen molar-refractivity contribution >= 4 is 10.0 Å². The van der Waals surface area contributed by atoms with Crippen molar-refractivity contribution < 1.29 is 13.2 Å². The number of hydrogen-bond donors (Lipinski definition) is 2. The van der Waals surface area contributed by atoms with Crippen molar-refractivity contribution in [3.05, 3.63) is 24.3 Å². The predicted molar refractivity (Wildman–Crippen MR) is 83.9 cm³/mol. The first-order valence-electron chi connectivity index (χ1n) is 6.95. The molecule has 0 radical (unpaired) electrons. The Morgan fingerprint density at radius 1 is 1.29 bits per heavy atom. The fraction of sp³-hybridized carbons (Fsp3) is 0.571. The molecule has 0 saturated heterocycles. The SMILES string of the molecule is CC(CN(C)C)NS(=O)(=O)c1ccc(OCCCN)cc1. The van der Waals surface area contributed by atoms with E-state index >= 15 is 0 Å². The van der Waals surface area contributed by atoms with Crippen molar-refractivity contribution in [1.29, 1.82) is 0 Å². The molecule has 0 amide bonds. The van der Waals surface area contributed by atoms with E-state index in [0.29, 0.717) is 25.4 Å². The van der Waals surface area contributed by atoms with Gasteiger partial charge in [-0.2, -0.15) is 0 Å². The van der Waals surface area contributed by atoms with Gasteiger partial charge in [-0.05, 0) is 58.3 Å². The van der Waals surface area contributed by atoms with E-state index < -0.39 is 10.0 Å². The van der Waals surface area contributed by atoms with E-state index in [9.17, 15) is 8.42 Å². The molecular weight excluding hydrogens is 290 g/mol. The molecule has 0 aliphatic heterocycles. The topological polar surface area (TPSA) is 84.7 Å². The summed E-state index contributed by atoms with van der Waals surface area (Å²) in [6, 6.07) is 6.24. The lowest BCUT2D eigenvalue weighted by Crippen LogP contribution is -2.39. The second-order valence-electron chi connectivity index (χ2n) is 5.25. The number of nitrogens with two attached hydrogens (primary N) is 1. The smallest absolute Gasteiger partial charge is 0.240 e. The molecule has 1 rings (SSSR count). The van der Waals surface area contributed by atoms with E-state index in [0.717, 1.165) is 6.42 Å². The van der Waals surface area contributed by atoms with Gasteiger partial charge in [-0.25, -0.2) is 13.1 Å². The number of nitrogens with one attached hydrogen (secondary N) is 1. The molecule has 1 atom stereocenters. The molecule has 120 valence electrons. The second kappa shape index (κ2) is 8.33. The third-order valence-electron chi connectivity index (χ3n) is 2.75. The molecule has 1 aromatic rings.